The smallest absolute Gasteiger partial charge is 0.360 e. The number of nitrogens with zero attached hydrogens (tertiary/aromatic N) is 2. The zero-order chi connectivity index (χ0) is 19.3. The monoisotopic (exact) mass is 378 g/mol. The number of nitrogens with one attached hydrogen (secondary N) is 2. The van der Waals surface area contributed by atoms with Gasteiger partial charge in [0.05, 0.1) is 13.2 Å². The number of esters is 1. The first-order valence-corrected chi connectivity index (χ1v) is 9.27. The molecule has 1 aromatic heterocycles. The van der Waals surface area contributed by atoms with Gasteiger partial charge in [-0.25, -0.2) is 4.79 Å². The minimum absolute atomic E-state index is 0.0126. The predicted octanol–water partition coefficient (Wildman–Crippen LogP) is 2.51. The minimum atomic E-state index is -0.497. The Hall–Kier alpha value is -3.03. The summed E-state index contributed by atoms with van der Waals surface area (Å²) in [6.07, 6.45) is 0. The van der Waals surface area contributed by atoms with Crippen molar-refractivity contribution in [1.29, 1.82) is 0 Å². The van der Waals surface area contributed by atoms with Crippen LogP contribution < -0.4 is 5.32 Å². The highest BCUT2D eigenvalue weighted by Crippen LogP contribution is 2.44. The number of likely N-dealkylation sites (N-methyl/N-ethyl adjacent to an activating group) is 1. The fourth-order valence-electron chi connectivity index (χ4n) is 3.53. The van der Waals surface area contributed by atoms with Gasteiger partial charge in [0.2, 0.25) is 0 Å². The average molecular weight is 378 g/mol. The summed E-state index contributed by atoms with van der Waals surface area (Å²) < 4.78 is 11.1. The van der Waals surface area contributed by atoms with Gasteiger partial charge in [-0.1, -0.05) is 48.5 Å². The Morgan fingerprint density at radius 3 is 2.43 bits per heavy atom. The van der Waals surface area contributed by atoms with Gasteiger partial charge in [-0.15, -0.1) is 5.10 Å². The molecule has 0 saturated carbocycles. The van der Waals surface area contributed by atoms with E-state index in [-0.39, 0.29) is 24.8 Å². The zero-order valence-corrected chi connectivity index (χ0v) is 15.6. The van der Waals surface area contributed by atoms with Crippen LogP contribution in [0, 0.1) is 0 Å². The number of carbonyl (C=O) groups excluding carboxylic acids is 1. The molecule has 0 aliphatic heterocycles. The van der Waals surface area contributed by atoms with Crippen molar-refractivity contribution < 1.29 is 14.3 Å². The van der Waals surface area contributed by atoms with Crippen LogP contribution in [-0.2, 0) is 16.1 Å². The van der Waals surface area contributed by atoms with E-state index in [4.69, 9.17) is 9.47 Å². The number of rotatable bonds is 8. The van der Waals surface area contributed by atoms with E-state index in [1.54, 1.807) is 0 Å². The fourth-order valence-corrected chi connectivity index (χ4v) is 3.53. The first-order valence-electron chi connectivity index (χ1n) is 9.27. The van der Waals surface area contributed by atoms with E-state index in [0.717, 1.165) is 6.54 Å². The van der Waals surface area contributed by atoms with Gasteiger partial charge < -0.3 is 14.8 Å². The molecule has 0 saturated heterocycles. The highest BCUT2D eigenvalue weighted by molar-refractivity contribution is 5.88. The summed E-state index contributed by atoms with van der Waals surface area (Å²) in [7, 11) is 1.85. The summed E-state index contributed by atoms with van der Waals surface area (Å²) in [4.78, 5) is 12.6. The lowest BCUT2D eigenvalue weighted by Gasteiger charge is -2.13. The van der Waals surface area contributed by atoms with Gasteiger partial charge in [0.1, 0.15) is 12.3 Å². The van der Waals surface area contributed by atoms with E-state index in [9.17, 15) is 4.79 Å². The van der Waals surface area contributed by atoms with Crippen molar-refractivity contribution >= 4 is 5.97 Å². The van der Waals surface area contributed by atoms with Gasteiger partial charge in [-0.05, 0) is 29.3 Å². The van der Waals surface area contributed by atoms with Gasteiger partial charge in [0.15, 0.2) is 5.69 Å². The van der Waals surface area contributed by atoms with Crippen molar-refractivity contribution in [3.63, 3.8) is 0 Å². The van der Waals surface area contributed by atoms with E-state index in [1.807, 2.05) is 31.3 Å². The van der Waals surface area contributed by atoms with Crippen LogP contribution in [0.2, 0.25) is 0 Å². The molecule has 144 valence electrons. The second-order valence-electron chi connectivity index (χ2n) is 6.60. The third-order valence-corrected chi connectivity index (χ3v) is 4.89. The van der Waals surface area contributed by atoms with Crippen LogP contribution in [0.15, 0.2) is 48.5 Å². The lowest BCUT2D eigenvalue weighted by molar-refractivity contribution is 0.0479. The number of fused-ring (bicyclic) bond motifs is 3. The molecule has 0 fully saturated rings. The molecule has 7 heteroatoms. The van der Waals surface area contributed by atoms with Gasteiger partial charge in [0.25, 0.3) is 0 Å². The van der Waals surface area contributed by atoms with E-state index >= 15 is 0 Å². The van der Waals surface area contributed by atoms with E-state index in [2.05, 4.69) is 45.0 Å². The summed E-state index contributed by atoms with van der Waals surface area (Å²) in [6.45, 7) is 1.70. The first-order chi connectivity index (χ1) is 13.8. The Kier molecular flexibility index (Phi) is 5.45. The number of hydrogen-bond donors (Lipinski definition) is 2. The topological polar surface area (TPSA) is 89.1 Å². The van der Waals surface area contributed by atoms with Gasteiger partial charge in [-0.3, -0.25) is 0 Å². The molecule has 1 heterocycles. The van der Waals surface area contributed by atoms with Crippen LogP contribution in [0.5, 0.6) is 0 Å². The lowest BCUT2D eigenvalue weighted by Crippen LogP contribution is -2.16. The standard InChI is InChI=1S/C21H22N4O3/c1-22-10-11-27-13-19-20(24-25-23-19)21(26)28-12-18-16-8-4-2-6-14(16)15-7-3-5-9-17(15)18/h2-9,18,22H,10-13H2,1H3,(H,23,24,25). The number of aromatic amines is 1. The summed E-state index contributed by atoms with van der Waals surface area (Å²) >= 11 is 0. The van der Waals surface area contributed by atoms with Gasteiger partial charge in [-0.2, -0.15) is 10.3 Å². The highest BCUT2D eigenvalue weighted by atomic mass is 16.5. The van der Waals surface area contributed by atoms with Crippen molar-refractivity contribution in [2.24, 2.45) is 0 Å². The highest BCUT2D eigenvalue weighted by Gasteiger charge is 2.29. The Labute approximate surface area is 163 Å². The Morgan fingerprint density at radius 1 is 1.07 bits per heavy atom. The predicted molar refractivity (Wildman–Crippen MR) is 104 cm³/mol. The van der Waals surface area contributed by atoms with Crippen molar-refractivity contribution in [2.45, 2.75) is 12.5 Å². The number of carbonyl (C=O) groups is 1. The molecule has 1 aliphatic rings. The van der Waals surface area contributed by atoms with Crippen LogP contribution in [-0.4, -0.2) is 48.2 Å². The maximum absolute atomic E-state index is 12.6. The third kappa shape index (κ3) is 3.54. The number of aromatic nitrogens is 3. The molecule has 2 N–H and O–H groups in total. The van der Waals surface area contributed by atoms with Crippen LogP contribution in [0.1, 0.15) is 33.2 Å². The van der Waals surface area contributed by atoms with Crippen LogP contribution in [0.25, 0.3) is 11.1 Å². The minimum Gasteiger partial charge on any atom is -0.460 e. The SMILES string of the molecule is CNCCOCc1n[nH]nc1C(=O)OCC1c2ccccc2-c2ccccc21. The molecule has 28 heavy (non-hydrogen) atoms. The Balaban J connectivity index is 1.46. The molecular weight excluding hydrogens is 356 g/mol. The summed E-state index contributed by atoms with van der Waals surface area (Å²) in [6, 6.07) is 16.5. The Morgan fingerprint density at radius 2 is 1.75 bits per heavy atom. The second kappa shape index (κ2) is 8.33. The van der Waals surface area contributed by atoms with Crippen LogP contribution in [0.4, 0.5) is 0 Å². The van der Waals surface area contributed by atoms with E-state index in [1.165, 1.54) is 22.3 Å². The molecule has 4 rings (SSSR count). The van der Waals surface area contributed by atoms with Crippen molar-refractivity contribution in [3.05, 3.63) is 71.0 Å². The quantitative estimate of drug-likeness (QED) is 0.462. The Bertz CT molecular complexity index is 924. The van der Waals surface area contributed by atoms with Crippen LogP contribution >= 0.6 is 0 Å². The van der Waals surface area contributed by atoms with Gasteiger partial charge in [0, 0.05) is 12.5 Å². The van der Waals surface area contributed by atoms with Crippen molar-refractivity contribution in [2.75, 3.05) is 26.8 Å². The second-order valence-corrected chi connectivity index (χ2v) is 6.60. The average Bonchev–Trinajstić information content (AvgIpc) is 3.32. The normalized spacial score (nSPS) is 12.6. The van der Waals surface area contributed by atoms with Gasteiger partial charge >= 0.3 is 5.97 Å². The molecule has 0 amide bonds. The largest absolute Gasteiger partial charge is 0.460 e. The van der Waals surface area contributed by atoms with E-state index in [0.29, 0.717) is 12.3 Å². The molecule has 0 radical (unpaired) electrons. The molecule has 3 aromatic rings. The first kappa shape index (κ1) is 18.3. The maximum atomic E-state index is 12.6. The number of benzene rings is 2. The molecular formula is C21H22N4O3. The fraction of sp³-hybridized carbons (Fsp3) is 0.286. The summed E-state index contributed by atoms with van der Waals surface area (Å²) in [5.74, 6) is -0.485. The molecule has 0 atom stereocenters. The number of hydrogen-bond acceptors (Lipinski definition) is 6. The molecule has 0 bridgehead atoms. The van der Waals surface area contributed by atoms with Crippen molar-refractivity contribution in [1.82, 2.24) is 20.7 Å². The molecule has 0 unspecified atom stereocenters. The molecule has 0 spiro atoms. The summed E-state index contributed by atoms with van der Waals surface area (Å²) in [5.41, 5.74) is 5.36. The molecule has 7 nitrogen and oxygen atoms in total. The molecule has 1 aliphatic carbocycles. The zero-order valence-electron chi connectivity index (χ0n) is 15.6. The lowest BCUT2D eigenvalue weighted by atomic mass is 9.98. The third-order valence-electron chi connectivity index (χ3n) is 4.89. The number of H-pyrrole nitrogens is 1. The summed E-state index contributed by atoms with van der Waals surface area (Å²) in [5, 5.41) is 13.4. The van der Waals surface area contributed by atoms with Crippen molar-refractivity contribution in [3.8, 4) is 11.1 Å². The maximum Gasteiger partial charge on any atom is 0.360 e. The molecule has 2 aromatic carbocycles. The number of ether oxygens (including phenoxy) is 2. The van der Waals surface area contributed by atoms with E-state index < -0.39 is 5.97 Å². The van der Waals surface area contributed by atoms with Crippen LogP contribution in [0.3, 0.4) is 0 Å².